The van der Waals surface area contributed by atoms with Crippen LogP contribution in [0, 0.1) is 17.1 Å². The molecule has 17 heavy (non-hydrogen) atoms. The zero-order valence-electron chi connectivity index (χ0n) is 9.74. The molecule has 5 heteroatoms. The summed E-state index contributed by atoms with van der Waals surface area (Å²) in [5.41, 5.74) is 0.539. The molecule has 0 bridgehead atoms. The molecule has 90 valence electrons. The predicted octanol–water partition coefficient (Wildman–Crippen LogP) is 1.70. The quantitative estimate of drug-likeness (QED) is 0.746. The third-order valence-corrected chi connectivity index (χ3v) is 2.37. The number of methoxy groups -OCH3 is 1. The summed E-state index contributed by atoms with van der Waals surface area (Å²) < 4.78 is 18.0. The highest BCUT2D eigenvalue weighted by Crippen LogP contribution is 2.18. The molecule has 0 heterocycles. The fraction of sp³-hybridized carbons (Fsp3) is 0.333. The van der Waals surface area contributed by atoms with Crippen molar-refractivity contribution in [2.75, 3.05) is 25.1 Å². The topological polar surface area (TPSA) is 53.3 Å². The van der Waals surface area contributed by atoms with Crippen molar-refractivity contribution in [3.05, 3.63) is 29.6 Å². The molecule has 0 fully saturated rings. The van der Waals surface area contributed by atoms with E-state index in [2.05, 4.69) is 4.74 Å². The number of carbonyl (C=O) groups is 1. The molecule has 0 aliphatic heterocycles. The second-order valence-corrected chi connectivity index (χ2v) is 3.37. The first-order valence-electron chi connectivity index (χ1n) is 5.13. The normalized spacial score (nSPS) is 9.53. The van der Waals surface area contributed by atoms with Crippen molar-refractivity contribution < 1.29 is 13.9 Å². The summed E-state index contributed by atoms with van der Waals surface area (Å²) in [6.07, 6.45) is 0. The number of hydrogen-bond acceptors (Lipinski definition) is 4. The Labute approximate surface area is 99.2 Å². The maximum absolute atomic E-state index is 13.4. The predicted molar refractivity (Wildman–Crippen MR) is 61.0 cm³/mol. The van der Waals surface area contributed by atoms with Crippen LogP contribution in [0.3, 0.4) is 0 Å². The van der Waals surface area contributed by atoms with Crippen LogP contribution in [-0.4, -0.2) is 26.2 Å². The second kappa shape index (κ2) is 5.85. The van der Waals surface area contributed by atoms with E-state index in [0.29, 0.717) is 12.2 Å². The van der Waals surface area contributed by atoms with Gasteiger partial charge in [-0.2, -0.15) is 5.26 Å². The van der Waals surface area contributed by atoms with E-state index in [0.717, 1.165) is 0 Å². The minimum absolute atomic E-state index is 0.0112. The van der Waals surface area contributed by atoms with E-state index in [1.807, 2.05) is 6.92 Å². The first-order chi connectivity index (χ1) is 8.12. The lowest BCUT2D eigenvalue weighted by Gasteiger charge is -2.21. The van der Waals surface area contributed by atoms with E-state index in [1.165, 1.54) is 19.2 Å². The van der Waals surface area contributed by atoms with Gasteiger partial charge in [-0.25, -0.2) is 4.39 Å². The Morgan fingerprint density at radius 2 is 2.29 bits per heavy atom. The molecule has 0 atom stereocenters. The van der Waals surface area contributed by atoms with Gasteiger partial charge in [0.2, 0.25) is 0 Å². The molecule has 0 unspecified atom stereocenters. The number of halogens is 1. The lowest BCUT2D eigenvalue weighted by Crippen LogP contribution is -2.30. The van der Waals surface area contributed by atoms with E-state index in [4.69, 9.17) is 5.26 Å². The number of esters is 1. The van der Waals surface area contributed by atoms with Gasteiger partial charge in [0, 0.05) is 12.2 Å². The van der Waals surface area contributed by atoms with Crippen molar-refractivity contribution in [2.45, 2.75) is 6.92 Å². The van der Waals surface area contributed by atoms with Crippen LogP contribution >= 0.6 is 0 Å². The maximum atomic E-state index is 13.4. The molecule has 0 saturated heterocycles. The molecule has 0 N–H and O–H groups in total. The van der Waals surface area contributed by atoms with Gasteiger partial charge >= 0.3 is 5.97 Å². The molecular weight excluding hydrogens is 223 g/mol. The SMILES string of the molecule is CCN(CC(=O)OC)c1ccc(C#N)c(F)c1. The average Bonchev–Trinajstić information content (AvgIpc) is 2.35. The molecule has 0 aliphatic rings. The number of benzene rings is 1. The molecule has 1 aromatic rings. The van der Waals surface area contributed by atoms with Crippen LogP contribution in [0.2, 0.25) is 0 Å². The molecule has 0 aliphatic carbocycles. The Bertz CT molecular complexity index is 454. The summed E-state index contributed by atoms with van der Waals surface area (Å²) in [5, 5.41) is 8.61. The van der Waals surface area contributed by atoms with Crippen molar-refractivity contribution >= 4 is 11.7 Å². The van der Waals surface area contributed by atoms with Gasteiger partial charge < -0.3 is 9.64 Å². The largest absolute Gasteiger partial charge is 0.468 e. The van der Waals surface area contributed by atoms with E-state index < -0.39 is 11.8 Å². The number of rotatable bonds is 4. The van der Waals surface area contributed by atoms with E-state index in [9.17, 15) is 9.18 Å². The first-order valence-corrected chi connectivity index (χ1v) is 5.13. The fourth-order valence-corrected chi connectivity index (χ4v) is 1.40. The van der Waals surface area contributed by atoms with Gasteiger partial charge in [0.25, 0.3) is 0 Å². The van der Waals surface area contributed by atoms with Crippen LogP contribution in [0.15, 0.2) is 18.2 Å². The Balaban J connectivity index is 2.93. The van der Waals surface area contributed by atoms with Gasteiger partial charge in [0.15, 0.2) is 0 Å². The van der Waals surface area contributed by atoms with Crippen LogP contribution in [0.4, 0.5) is 10.1 Å². The van der Waals surface area contributed by atoms with Gasteiger partial charge in [-0.15, -0.1) is 0 Å². The third kappa shape index (κ3) is 3.18. The minimum Gasteiger partial charge on any atom is -0.468 e. The number of nitrogens with zero attached hydrogens (tertiary/aromatic N) is 2. The third-order valence-electron chi connectivity index (χ3n) is 2.37. The van der Waals surface area contributed by atoms with Crippen molar-refractivity contribution in [3.8, 4) is 6.07 Å². The van der Waals surface area contributed by atoms with Crippen LogP contribution in [0.25, 0.3) is 0 Å². The molecule has 0 amide bonds. The first kappa shape index (κ1) is 13.0. The molecule has 1 rings (SSSR count). The number of nitriles is 1. The van der Waals surface area contributed by atoms with E-state index >= 15 is 0 Å². The van der Waals surface area contributed by atoms with E-state index in [-0.39, 0.29) is 12.1 Å². The standard InChI is InChI=1S/C12H13FN2O2/c1-3-15(8-12(16)17-2)10-5-4-9(7-14)11(13)6-10/h4-6H,3,8H2,1-2H3. The monoisotopic (exact) mass is 236 g/mol. The molecule has 0 radical (unpaired) electrons. The molecule has 4 nitrogen and oxygen atoms in total. The van der Waals surface area contributed by atoms with Crippen LogP contribution in [-0.2, 0) is 9.53 Å². The molecular formula is C12H13FN2O2. The number of carbonyl (C=O) groups excluding carboxylic acids is 1. The Kier molecular flexibility index (Phi) is 4.46. The Morgan fingerprint density at radius 3 is 2.76 bits per heavy atom. The zero-order valence-corrected chi connectivity index (χ0v) is 9.74. The molecule has 0 saturated carbocycles. The number of likely N-dealkylation sites (N-methyl/N-ethyl adjacent to an activating group) is 1. The molecule has 0 spiro atoms. The fourth-order valence-electron chi connectivity index (χ4n) is 1.40. The summed E-state index contributed by atoms with van der Waals surface area (Å²) in [5.74, 6) is -0.982. The highest BCUT2D eigenvalue weighted by molar-refractivity contribution is 5.75. The van der Waals surface area contributed by atoms with Crippen molar-refractivity contribution in [1.82, 2.24) is 0 Å². The highest BCUT2D eigenvalue weighted by Gasteiger charge is 2.12. The lowest BCUT2D eigenvalue weighted by molar-refractivity contribution is -0.138. The Hall–Kier alpha value is -2.09. The van der Waals surface area contributed by atoms with Crippen LogP contribution in [0.1, 0.15) is 12.5 Å². The van der Waals surface area contributed by atoms with Crippen molar-refractivity contribution in [3.63, 3.8) is 0 Å². The van der Waals surface area contributed by atoms with Gasteiger partial charge in [0.1, 0.15) is 18.4 Å². The van der Waals surface area contributed by atoms with Gasteiger partial charge in [-0.3, -0.25) is 4.79 Å². The number of ether oxygens (including phenoxy) is 1. The van der Waals surface area contributed by atoms with Gasteiger partial charge in [-0.1, -0.05) is 0 Å². The zero-order chi connectivity index (χ0) is 12.8. The van der Waals surface area contributed by atoms with Crippen LogP contribution < -0.4 is 4.90 Å². The van der Waals surface area contributed by atoms with Crippen molar-refractivity contribution in [2.24, 2.45) is 0 Å². The maximum Gasteiger partial charge on any atom is 0.325 e. The average molecular weight is 236 g/mol. The summed E-state index contributed by atoms with van der Waals surface area (Å²) in [6, 6.07) is 5.99. The summed E-state index contributed by atoms with van der Waals surface area (Å²) in [7, 11) is 1.30. The smallest absolute Gasteiger partial charge is 0.325 e. The van der Waals surface area contributed by atoms with E-state index in [1.54, 1.807) is 17.0 Å². The second-order valence-electron chi connectivity index (χ2n) is 3.37. The summed E-state index contributed by atoms with van der Waals surface area (Å²) in [6.45, 7) is 2.44. The van der Waals surface area contributed by atoms with Gasteiger partial charge in [0.05, 0.1) is 12.7 Å². The van der Waals surface area contributed by atoms with Crippen LogP contribution in [0.5, 0.6) is 0 Å². The molecule has 0 aromatic heterocycles. The summed E-state index contributed by atoms with van der Waals surface area (Å²) >= 11 is 0. The Morgan fingerprint density at radius 1 is 1.59 bits per heavy atom. The van der Waals surface area contributed by atoms with Gasteiger partial charge in [-0.05, 0) is 25.1 Å². The highest BCUT2D eigenvalue weighted by atomic mass is 19.1. The molecule has 1 aromatic carbocycles. The minimum atomic E-state index is -0.590. The van der Waals surface area contributed by atoms with Crippen molar-refractivity contribution in [1.29, 1.82) is 5.26 Å². The summed E-state index contributed by atoms with van der Waals surface area (Å²) in [4.78, 5) is 12.8. The lowest BCUT2D eigenvalue weighted by atomic mass is 10.2. The number of anilines is 1. The number of hydrogen-bond donors (Lipinski definition) is 0.